The molecule has 0 saturated heterocycles. The van der Waals surface area contributed by atoms with Crippen LogP contribution in [0.15, 0.2) is 62.9 Å². The number of rotatable bonds is 6. The minimum Gasteiger partial charge on any atom is -0.497 e. The van der Waals surface area contributed by atoms with Crippen LogP contribution in [0.5, 0.6) is 5.75 Å². The maximum Gasteiger partial charge on any atom is 0.234 e. The van der Waals surface area contributed by atoms with E-state index in [0.29, 0.717) is 11.3 Å². The summed E-state index contributed by atoms with van der Waals surface area (Å²) in [5, 5.41) is 2.88. The van der Waals surface area contributed by atoms with Gasteiger partial charge in [0.2, 0.25) is 26.6 Å². The molecule has 0 bridgehead atoms. The summed E-state index contributed by atoms with van der Waals surface area (Å²) in [6, 6.07) is 11.8. The third-order valence-electron chi connectivity index (χ3n) is 4.22. The van der Waals surface area contributed by atoms with E-state index in [1.54, 1.807) is 31.4 Å². The Morgan fingerprint density at radius 1 is 1.11 bits per heavy atom. The van der Waals surface area contributed by atoms with E-state index in [9.17, 15) is 12.8 Å². The summed E-state index contributed by atoms with van der Waals surface area (Å²) in [5.74, 6) is 0.444. The molecule has 3 aromatic rings. The Morgan fingerprint density at radius 3 is 2.37 bits per heavy atom. The Balaban J connectivity index is 1.78. The topological polar surface area (TPSA) is 81.4 Å². The number of nitrogens with zero attached hydrogens (tertiary/aromatic N) is 1. The van der Waals surface area contributed by atoms with E-state index in [2.05, 4.69) is 10.3 Å². The molecule has 1 N–H and O–H groups in total. The largest absolute Gasteiger partial charge is 0.497 e. The molecule has 6 nitrogen and oxygen atoms in total. The second-order valence-corrected chi connectivity index (χ2v) is 8.12. The average molecular weight is 388 g/mol. The van der Waals surface area contributed by atoms with E-state index in [4.69, 9.17) is 9.15 Å². The predicted molar refractivity (Wildman–Crippen MR) is 97.0 cm³/mol. The molecule has 1 aromatic heterocycles. The van der Waals surface area contributed by atoms with Crippen molar-refractivity contribution in [3.05, 3.63) is 54.3 Å². The molecule has 4 rings (SSSR count). The minimum atomic E-state index is -3.96. The number of oxazole rings is 1. The van der Waals surface area contributed by atoms with E-state index in [-0.39, 0.29) is 27.7 Å². The van der Waals surface area contributed by atoms with Gasteiger partial charge in [-0.05, 0) is 61.4 Å². The van der Waals surface area contributed by atoms with E-state index >= 15 is 0 Å². The molecule has 1 fully saturated rings. The van der Waals surface area contributed by atoms with Crippen LogP contribution in [-0.4, -0.2) is 26.6 Å². The van der Waals surface area contributed by atoms with Crippen molar-refractivity contribution < 1.29 is 22.0 Å². The Bertz CT molecular complexity index is 1060. The lowest BCUT2D eigenvalue weighted by atomic mass is 10.2. The molecule has 0 spiro atoms. The molecule has 8 heteroatoms. The highest BCUT2D eigenvalue weighted by Crippen LogP contribution is 2.35. The van der Waals surface area contributed by atoms with Crippen LogP contribution in [0.25, 0.3) is 11.5 Å². The zero-order valence-corrected chi connectivity index (χ0v) is 15.3. The fraction of sp³-hybridized carbons (Fsp3) is 0.211. The second kappa shape index (κ2) is 6.70. The van der Waals surface area contributed by atoms with Crippen LogP contribution < -0.4 is 10.1 Å². The Morgan fingerprint density at radius 2 is 1.78 bits per heavy atom. The smallest absolute Gasteiger partial charge is 0.234 e. The Labute approximate surface area is 155 Å². The molecule has 2 aromatic carbocycles. The van der Waals surface area contributed by atoms with Gasteiger partial charge in [-0.15, -0.1) is 0 Å². The summed E-state index contributed by atoms with van der Waals surface area (Å²) in [4.78, 5) is 4.19. The first kappa shape index (κ1) is 17.5. The van der Waals surface area contributed by atoms with Gasteiger partial charge in [0.1, 0.15) is 11.6 Å². The first-order chi connectivity index (χ1) is 13.0. The lowest BCUT2D eigenvalue weighted by Gasteiger charge is -2.04. The van der Waals surface area contributed by atoms with Gasteiger partial charge in [-0.25, -0.2) is 12.8 Å². The first-order valence-corrected chi connectivity index (χ1v) is 9.88. The maximum atomic E-state index is 13.2. The third-order valence-corrected chi connectivity index (χ3v) is 5.90. The molecule has 0 unspecified atom stereocenters. The SMILES string of the molecule is COc1ccc(-c2nc(S(=O)(=O)c3ccc(F)cc3)c(NC3CC3)o2)cc1. The van der Waals surface area contributed by atoms with Gasteiger partial charge in [-0.1, -0.05) is 0 Å². The van der Waals surface area contributed by atoms with Crippen LogP contribution in [0.2, 0.25) is 0 Å². The maximum absolute atomic E-state index is 13.2. The molecular formula is C19H17FN2O4S. The third kappa shape index (κ3) is 3.52. The Kier molecular flexibility index (Phi) is 4.35. The number of aromatic nitrogens is 1. The van der Waals surface area contributed by atoms with Gasteiger partial charge in [0.25, 0.3) is 0 Å². The van der Waals surface area contributed by atoms with E-state index < -0.39 is 15.7 Å². The van der Waals surface area contributed by atoms with Crippen LogP contribution in [0, 0.1) is 5.82 Å². The molecule has 27 heavy (non-hydrogen) atoms. The van der Waals surface area contributed by atoms with Crippen LogP contribution in [0.4, 0.5) is 10.3 Å². The zero-order chi connectivity index (χ0) is 19.0. The number of nitrogens with one attached hydrogen (secondary N) is 1. The van der Waals surface area contributed by atoms with Gasteiger partial charge in [-0.3, -0.25) is 0 Å². The summed E-state index contributed by atoms with van der Waals surface area (Å²) < 4.78 is 50.1. The van der Waals surface area contributed by atoms with Crippen molar-refractivity contribution in [1.82, 2.24) is 4.98 Å². The number of anilines is 1. The number of hydrogen-bond acceptors (Lipinski definition) is 6. The highest BCUT2D eigenvalue weighted by Gasteiger charge is 2.32. The fourth-order valence-corrected chi connectivity index (χ4v) is 3.84. The summed E-state index contributed by atoms with van der Waals surface area (Å²) in [6.45, 7) is 0. The average Bonchev–Trinajstić information content (AvgIpc) is 3.38. The molecule has 0 atom stereocenters. The van der Waals surface area contributed by atoms with Crippen molar-refractivity contribution in [3.8, 4) is 17.2 Å². The molecule has 1 aliphatic rings. The highest BCUT2D eigenvalue weighted by molar-refractivity contribution is 7.91. The molecule has 1 heterocycles. The number of benzene rings is 2. The van der Waals surface area contributed by atoms with Crippen molar-refractivity contribution in [2.24, 2.45) is 0 Å². The van der Waals surface area contributed by atoms with Gasteiger partial charge in [0, 0.05) is 11.6 Å². The number of hydrogen-bond donors (Lipinski definition) is 1. The zero-order valence-electron chi connectivity index (χ0n) is 14.5. The molecular weight excluding hydrogens is 371 g/mol. The van der Waals surface area contributed by atoms with Crippen LogP contribution >= 0.6 is 0 Å². The van der Waals surface area contributed by atoms with Crippen molar-refractivity contribution in [3.63, 3.8) is 0 Å². The predicted octanol–water partition coefficient (Wildman–Crippen LogP) is 3.90. The number of methoxy groups -OCH3 is 1. The van der Waals surface area contributed by atoms with E-state index in [1.807, 2.05) is 0 Å². The van der Waals surface area contributed by atoms with E-state index in [1.165, 1.54) is 12.1 Å². The lowest BCUT2D eigenvalue weighted by Crippen LogP contribution is -2.08. The molecule has 0 amide bonds. The first-order valence-electron chi connectivity index (χ1n) is 8.40. The van der Waals surface area contributed by atoms with Crippen LogP contribution in [0.1, 0.15) is 12.8 Å². The van der Waals surface area contributed by atoms with Gasteiger partial charge >= 0.3 is 0 Å². The lowest BCUT2D eigenvalue weighted by molar-refractivity contribution is 0.415. The van der Waals surface area contributed by atoms with Gasteiger partial charge in [0.15, 0.2) is 0 Å². The monoisotopic (exact) mass is 388 g/mol. The molecule has 0 radical (unpaired) electrons. The second-order valence-electron chi connectivity index (χ2n) is 6.26. The quantitative estimate of drug-likeness (QED) is 0.645. The highest BCUT2D eigenvalue weighted by atomic mass is 32.2. The van der Waals surface area contributed by atoms with Crippen LogP contribution in [0.3, 0.4) is 0 Å². The number of halogens is 1. The normalized spacial score (nSPS) is 14.1. The van der Waals surface area contributed by atoms with E-state index in [0.717, 1.165) is 25.0 Å². The summed E-state index contributed by atoms with van der Waals surface area (Å²) in [6.07, 6.45) is 1.88. The molecule has 0 aliphatic heterocycles. The van der Waals surface area contributed by atoms with Crippen LogP contribution in [-0.2, 0) is 9.84 Å². The van der Waals surface area contributed by atoms with Crippen molar-refractivity contribution in [2.45, 2.75) is 28.8 Å². The van der Waals surface area contributed by atoms with Crippen molar-refractivity contribution in [2.75, 3.05) is 12.4 Å². The Hall–Kier alpha value is -2.87. The number of ether oxygens (including phenoxy) is 1. The standard InChI is InChI=1S/C19H17FN2O4S/c1-25-15-8-2-12(3-9-15)17-22-19(18(26-17)21-14-6-7-14)27(23,24)16-10-4-13(20)5-11-16/h2-5,8-11,14,21H,6-7H2,1H3. The van der Waals surface area contributed by atoms with Crippen molar-refractivity contribution in [1.29, 1.82) is 0 Å². The summed E-state index contributed by atoms with van der Waals surface area (Å²) in [7, 11) is -2.40. The molecule has 1 saturated carbocycles. The van der Waals surface area contributed by atoms with Gasteiger partial charge < -0.3 is 14.5 Å². The minimum absolute atomic E-state index is 0.0441. The fourth-order valence-electron chi connectivity index (χ4n) is 2.57. The summed E-state index contributed by atoms with van der Waals surface area (Å²) in [5.41, 5.74) is 0.621. The molecule has 140 valence electrons. The van der Waals surface area contributed by atoms with Crippen molar-refractivity contribution >= 4 is 15.7 Å². The van der Waals surface area contributed by atoms with Gasteiger partial charge in [0.05, 0.1) is 12.0 Å². The number of sulfone groups is 1. The molecule has 1 aliphatic carbocycles. The van der Waals surface area contributed by atoms with Gasteiger partial charge in [-0.2, -0.15) is 4.98 Å². The summed E-state index contributed by atoms with van der Waals surface area (Å²) >= 11 is 0.